The van der Waals surface area contributed by atoms with Gasteiger partial charge in [-0.05, 0) is 41.8 Å². The first-order valence-electron chi connectivity index (χ1n) is 10.2. The second kappa shape index (κ2) is 8.12. The minimum absolute atomic E-state index is 0.165. The van der Waals surface area contributed by atoms with E-state index < -0.39 is 11.8 Å². The first-order chi connectivity index (χ1) is 15.0. The molecule has 3 aromatic carbocycles. The van der Waals surface area contributed by atoms with Gasteiger partial charge in [-0.3, -0.25) is 9.59 Å². The van der Waals surface area contributed by atoms with Crippen LogP contribution in [0.1, 0.15) is 17.2 Å². The maximum Gasteiger partial charge on any atom is 0.239 e. The maximum absolute atomic E-state index is 13.6. The molecule has 6 heteroatoms. The van der Waals surface area contributed by atoms with Crippen molar-refractivity contribution in [3.05, 3.63) is 100 Å². The van der Waals surface area contributed by atoms with Crippen LogP contribution in [0, 0.1) is 11.8 Å². The fourth-order valence-corrected chi connectivity index (χ4v) is 5.37. The van der Waals surface area contributed by atoms with E-state index in [1.807, 2.05) is 54.6 Å². The second-order valence-electron chi connectivity index (χ2n) is 8.01. The molecule has 2 heterocycles. The molecule has 0 spiro atoms. The fraction of sp³-hybridized carbons (Fsp3) is 0.200. The molecule has 0 saturated carbocycles. The smallest absolute Gasteiger partial charge is 0.239 e. The second-order valence-corrected chi connectivity index (χ2v) is 8.85. The number of hydrogen-bond acceptors (Lipinski definition) is 3. The van der Waals surface area contributed by atoms with Gasteiger partial charge in [-0.1, -0.05) is 77.8 Å². The van der Waals surface area contributed by atoms with E-state index in [-0.39, 0.29) is 23.9 Å². The molecular weight excluding hydrogens is 431 g/mol. The molecule has 0 radical (unpaired) electrons. The van der Waals surface area contributed by atoms with Crippen molar-refractivity contribution in [2.45, 2.75) is 18.5 Å². The van der Waals surface area contributed by atoms with Crippen molar-refractivity contribution in [2.75, 3.05) is 4.90 Å². The molecule has 4 atom stereocenters. The predicted molar refractivity (Wildman–Crippen MR) is 122 cm³/mol. The summed E-state index contributed by atoms with van der Waals surface area (Å²) in [4.78, 5) is 28.4. The number of hydrogen-bond donors (Lipinski definition) is 1. The highest BCUT2D eigenvalue weighted by molar-refractivity contribution is 6.35. The number of halogens is 2. The summed E-state index contributed by atoms with van der Waals surface area (Å²) in [6, 6.07) is 23.8. The molecule has 2 aliphatic rings. The van der Waals surface area contributed by atoms with E-state index in [0.29, 0.717) is 22.2 Å². The summed E-state index contributed by atoms with van der Waals surface area (Å²) in [7, 11) is 0. The highest BCUT2D eigenvalue weighted by atomic mass is 35.5. The Hall–Kier alpha value is -2.66. The van der Waals surface area contributed by atoms with Crippen LogP contribution in [0.5, 0.6) is 0 Å². The van der Waals surface area contributed by atoms with Crippen LogP contribution >= 0.6 is 23.2 Å². The molecule has 3 aromatic rings. The number of benzene rings is 3. The quantitative estimate of drug-likeness (QED) is 0.565. The third-order valence-corrected chi connectivity index (χ3v) is 6.76. The number of anilines is 1. The number of fused-ring (bicyclic) bond motifs is 1. The average Bonchev–Trinajstić information content (AvgIpc) is 3.26. The van der Waals surface area contributed by atoms with Gasteiger partial charge in [-0.2, -0.15) is 0 Å². The van der Waals surface area contributed by atoms with E-state index in [9.17, 15) is 9.59 Å². The Bertz CT molecular complexity index is 1140. The third-order valence-electron chi connectivity index (χ3n) is 6.19. The molecule has 0 bridgehead atoms. The van der Waals surface area contributed by atoms with Crippen molar-refractivity contribution >= 4 is 40.7 Å². The Morgan fingerprint density at radius 3 is 2.13 bits per heavy atom. The molecule has 2 amide bonds. The van der Waals surface area contributed by atoms with Gasteiger partial charge < -0.3 is 5.32 Å². The predicted octanol–water partition coefficient (Wildman–Crippen LogP) is 5.05. The summed E-state index contributed by atoms with van der Waals surface area (Å²) in [5, 5.41) is 4.57. The molecule has 0 aliphatic carbocycles. The fourth-order valence-electron chi connectivity index (χ4n) is 4.85. The van der Waals surface area contributed by atoms with Crippen LogP contribution in [0.3, 0.4) is 0 Å². The minimum atomic E-state index is -0.528. The zero-order valence-corrected chi connectivity index (χ0v) is 18.1. The molecule has 2 saturated heterocycles. The van der Waals surface area contributed by atoms with Crippen molar-refractivity contribution in [1.82, 2.24) is 5.32 Å². The van der Waals surface area contributed by atoms with Crippen LogP contribution < -0.4 is 10.2 Å². The Kier molecular flexibility index (Phi) is 5.30. The molecule has 2 aliphatic heterocycles. The van der Waals surface area contributed by atoms with Crippen LogP contribution in [-0.4, -0.2) is 17.9 Å². The van der Waals surface area contributed by atoms with Crippen LogP contribution in [-0.2, 0) is 16.0 Å². The lowest BCUT2D eigenvalue weighted by Gasteiger charge is -2.23. The molecule has 5 rings (SSSR count). The van der Waals surface area contributed by atoms with Crippen molar-refractivity contribution in [1.29, 1.82) is 0 Å². The highest BCUT2D eigenvalue weighted by Gasteiger charge is 2.59. The summed E-state index contributed by atoms with van der Waals surface area (Å²) in [6.07, 6.45) is 0.644. The van der Waals surface area contributed by atoms with E-state index in [4.69, 9.17) is 23.2 Å². The van der Waals surface area contributed by atoms with Crippen LogP contribution in [0.25, 0.3) is 0 Å². The zero-order chi connectivity index (χ0) is 21.5. The first-order valence-corrected chi connectivity index (χ1v) is 11.0. The molecular formula is C25H20Cl2N2O2. The summed E-state index contributed by atoms with van der Waals surface area (Å²) >= 11 is 12.6. The molecule has 31 heavy (non-hydrogen) atoms. The topological polar surface area (TPSA) is 49.4 Å². The lowest BCUT2D eigenvalue weighted by molar-refractivity contribution is -0.123. The SMILES string of the molecule is O=C1[C@@H]2[C@H](C(=O)N1c1ccccc1)[C@H](Cc1ccccc1)N[C@@H]2c1ccc(Cl)cc1Cl. The maximum atomic E-state index is 13.6. The number of amides is 2. The lowest BCUT2D eigenvalue weighted by atomic mass is 9.85. The molecule has 1 N–H and O–H groups in total. The summed E-state index contributed by atoms with van der Waals surface area (Å²) in [5.41, 5.74) is 2.50. The Morgan fingerprint density at radius 1 is 0.806 bits per heavy atom. The van der Waals surface area contributed by atoms with Crippen LogP contribution in [0.15, 0.2) is 78.9 Å². The van der Waals surface area contributed by atoms with Gasteiger partial charge in [0, 0.05) is 22.1 Å². The van der Waals surface area contributed by atoms with Gasteiger partial charge in [0.15, 0.2) is 0 Å². The van der Waals surface area contributed by atoms with E-state index in [0.717, 1.165) is 11.1 Å². The summed E-state index contributed by atoms with van der Waals surface area (Å²) in [5.74, 6) is -1.35. The third kappa shape index (κ3) is 3.55. The van der Waals surface area contributed by atoms with Gasteiger partial charge in [0.25, 0.3) is 0 Å². The number of carbonyl (C=O) groups excluding carboxylic acids is 2. The molecule has 0 unspecified atom stereocenters. The Labute approximate surface area is 190 Å². The van der Waals surface area contributed by atoms with Gasteiger partial charge in [0.05, 0.1) is 17.5 Å². The minimum Gasteiger partial charge on any atom is -0.305 e. The lowest BCUT2D eigenvalue weighted by Crippen LogP contribution is -2.40. The van der Waals surface area contributed by atoms with E-state index in [1.54, 1.807) is 24.3 Å². The standard InChI is InChI=1S/C25H20Cl2N2O2/c26-16-11-12-18(19(27)14-16)23-22-21(20(28-23)13-15-7-3-1-4-8-15)24(30)29(25(22)31)17-9-5-2-6-10-17/h1-12,14,20-23,28H,13H2/t20-,21+,22+,23+/m0/s1. The van der Waals surface area contributed by atoms with E-state index >= 15 is 0 Å². The number of nitrogens with one attached hydrogen (secondary N) is 1. The summed E-state index contributed by atoms with van der Waals surface area (Å²) in [6.45, 7) is 0. The normalized spacial score (nSPS) is 25.2. The molecule has 2 fully saturated rings. The number of rotatable bonds is 4. The largest absolute Gasteiger partial charge is 0.305 e. The number of carbonyl (C=O) groups is 2. The molecule has 0 aromatic heterocycles. The van der Waals surface area contributed by atoms with Crippen molar-refractivity contribution < 1.29 is 9.59 Å². The van der Waals surface area contributed by atoms with E-state index in [2.05, 4.69) is 5.32 Å². The monoisotopic (exact) mass is 450 g/mol. The van der Waals surface area contributed by atoms with Crippen molar-refractivity contribution in [3.8, 4) is 0 Å². The Morgan fingerprint density at radius 2 is 1.45 bits per heavy atom. The van der Waals surface area contributed by atoms with Gasteiger partial charge in [0.2, 0.25) is 11.8 Å². The van der Waals surface area contributed by atoms with Gasteiger partial charge in [-0.15, -0.1) is 0 Å². The van der Waals surface area contributed by atoms with Gasteiger partial charge >= 0.3 is 0 Å². The van der Waals surface area contributed by atoms with Gasteiger partial charge in [0.1, 0.15) is 0 Å². The summed E-state index contributed by atoms with van der Waals surface area (Å²) < 4.78 is 0. The molecule has 4 nitrogen and oxygen atoms in total. The van der Waals surface area contributed by atoms with Crippen LogP contribution in [0.4, 0.5) is 5.69 Å². The zero-order valence-electron chi connectivity index (χ0n) is 16.5. The van der Waals surface area contributed by atoms with E-state index in [1.165, 1.54) is 4.90 Å². The molecule has 156 valence electrons. The average molecular weight is 451 g/mol. The Balaban J connectivity index is 1.56. The number of nitrogens with zero attached hydrogens (tertiary/aromatic N) is 1. The van der Waals surface area contributed by atoms with Crippen LogP contribution in [0.2, 0.25) is 10.0 Å². The highest BCUT2D eigenvalue weighted by Crippen LogP contribution is 2.47. The van der Waals surface area contributed by atoms with Crippen molar-refractivity contribution in [3.63, 3.8) is 0 Å². The van der Waals surface area contributed by atoms with Gasteiger partial charge in [-0.25, -0.2) is 4.90 Å². The van der Waals surface area contributed by atoms with Crippen molar-refractivity contribution in [2.24, 2.45) is 11.8 Å². The number of imide groups is 1. The first kappa shape index (κ1) is 20.3. The number of para-hydroxylation sites is 1.